The Balaban J connectivity index is 2.35. The molecule has 1 unspecified atom stereocenters. The third kappa shape index (κ3) is 3.00. The lowest BCUT2D eigenvalue weighted by atomic mass is 10.1. The van der Waals surface area contributed by atoms with Crippen LogP contribution in [0.15, 0.2) is 12.1 Å². The first-order chi connectivity index (χ1) is 8.84. The van der Waals surface area contributed by atoms with E-state index in [-0.39, 0.29) is 12.6 Å². The zero-order valence-electron chi connectivity index (χ0n) is 11.0. The van der Waals surface area contributed by atoms with Crippen LogP contribution in [-0.4, -0.2) is 18.1 Å². The fourth-order valence-corrected chi connectivity index (χ4v) is 2.19. The SMILES string of the molecule is CC(C1CC1)N(C)c1nc(C(F)(F)F)ccc1CN. The predicted octanol–water partition coefficient (Wildman–Crippen LogP) is 2.79. The summed E-state index contributed by atoms with van der Waals surface area (Å²) in [6.07, 6.45) is -2.17. The Labute approximate surface area is 110 Å². The molecule has 19 heavy (non-hydrogen) atoms. The fraction of sp³-hybridized carbons (Fsp3) is 0.615. The molecule has 0 radical (unpaired) electrons. The zero-order chi connectivity index (χ0) is 14.2. The van der Waals surface area contributed by atoms with Crippen molar-refractivity contribution in [2.24, 2.45) is 11.7 Å². The summed E-state index contributed by atoms with van der Waals surface area (Å²) in [5, 5.41) is 0. The molecule has 1 heterocycles. The van der Waals surface area contributed by atoms with E-state index in [4.69, 9.17) is 5.73 Å². The van der Waals surface area contributed by atoms with E-state index in [9.17, 15) is 13.2 Å². The lowest BCUT2D eigenvalue weighted by molar-refractivity contribution is -0.141. The van der Waals surface area contributed by atoms with Gasteiger partial charge in [0.25, 0.3) is 0 Å². The molecule has 1 fully saturated rings. The number of pyridine rings is 1. The zero-order valence-corrected chi connectivity index (χ0v) is 11.0. The van der Waals surface area contributed by atoms with Crippen molar-refractivity contribution in [3.63, 3.8) is 0 Å². The van der Waals surface area contributed by atoms with Gasteiger partial charge >= 0.3 is 6.18 Å². The second-order valence-electron chi connectivity index (χ2n) is 5.07. The summed E-state index contributed by atoms with van der Waals surface area (Å²) in [5.74, 6) is 0.892. The Kier molecular flexibility index (Phi) is 3.71. The number of alkyl halides is 3. The van der Waals surface area contributed by atoms with Gasteiger partial charge in [-0.1, -0.05) is 6.07 Å². The molecule has 0 spiro atoms. The van der Waals surface area contributed by atoms with E-state index in [1.165, 1.54) is 6.07 Å². The summed E-state index contributed by atoms with van der Waals surface area (Å²) in [6, 6.07) is 2.59. The molecule has 6 heteroatoms. The molecule has 0 amide bonds. The third-order valence-electron chi connectivity index (χ3n) is 3.72. The molecule has 1 aromatic heterocycles. The fourth-order valence-electron chi connectivity index (χ4n) is 2.19. The first kappa shape index (κ1) is 14.1. The lowest BCUT2D eigenvalue weighted by Crippen LogP contribution is -2.33. The Bertz CT molecular complexity index is 455. The first-order valence-corrected chi connectivity index (χ1v) is 6.34. The van der Waals surface area contributed by atoms with E-state index < -0.39 is 11.9 Å². The van der Waals surface area contributed by atoms with Gasteiger partial charge in [-0.3, -0.25) is 0 Å². The number of hydrogen-bond acceptors (Lipinski definition) is 3. The van der Waals surface area contributed by atoms with E-state index in [0.717, 1.165) is 18.9 Å². The maximum Gasteiger partial charge on any atom is 0.433 e. The largest absolute Gasteiger partial charge is 0.433 e. The minimum absolute atomic E-state index is 0.182. The van der Waals surface area contributed by atoms with Crippen LogP contribution in [0.5, 0.6) is 0 Å². The summed E-state index contributed by atoms with van der Waals surface area (Å²) in [6.45, 7) is 2.20. The smallest absolute Gasteiger partial charge is 0.356 e. The summed E-state index contributed by atoms with van der Waals surface area (Å²) in [7, 11) is 1.78. The molecule has 106 valence electrons. The van der Waals surface area contributed by atoms with E-state index in [2.05, 4.69) is 4.98 Å². The van der Waals surface area contributed by atoms with Gasteiger partial charge < -0.3 is 10.6 Å². The molecule has 1 aliphatic carbocycles. The summed E-state index contributed by atoms with van der Waals surface area (Å²) in [4.78, 5) is 5.58. The van der Waals surface area contributed by atoms with Crippen molar-refractivity contribution < 1.29 is 13.2 Å². The molecular weight excluding hydrogens is 255 g/mol. The highest BCUT2D eigenvalue weighted by Crippen LogP contribution is 2.37. The van der Waals surface area contributed by atoms with Crippen LogP contribution in [0.3, 0.4) is 0 Å². The number of halogens is 3. The van der Waals surface area contributed by atoms with Gasteiger partial charge in [-0.25, -0.2) is 4.98 Å². The molecule has 0 aromatic carbocycles. The summed E-state index contributed by atoms with van der Waals surface area (Å²) >= 11 is 0. The van der Waals surface area contributed by atoms with Crippen molar-refractivity contribution >= 4 is 5.82 Å². The predicted molar refractivity (Wildman–Crippen MR) is 67.7 cm³/mol. The number of nitrogens with two attached hydrogens (primary N) is 1. The van der Waals surface area contributed by atoms with Crippen LogP contribution in [0.25, 0.3) is 0 Å². The highest BCUT2D eigenvalue weighted by atomic mass is 19.4. The van der Waals surface area contributed by atoms with E-state index in [1.807, 2.05) is 11.8 Å². The number of rotatable bonds is 4. The van der Waals surface area contributed by atoms with Crippen LogP contribution in [0.2, 0.25) is 0 Å². The van der Waals surface area contributed by atoms with Crippen LogP contribution in [0, 0.1) is 5.92 Å². The van der Waals surface area contributed by atoms with Gasteiger partial charge in [0.2, 0.25) is 0 Å². The quantitative estimate of drug-likeness (QED) is 0.917. The molecule has 0 aliphatic heterocycles. The van der Waals surface area contributed by atoms with Crippen molar-refractivity contribution in [3.05, 3.63) is 23.4 Å². The summed E-state index contributed by atoms with van der Waals surface area (Å²) < 4.78 is 38.2. The second-order valence-corrected chi connectivity index (χ2v) is 5.07. The van der Waals surface area contributed by atoms with Crippen LogP contribution in [0.4, 0.5) is 19.0 Å². The number of aromatic nitrogens is 1. The Morgan fingerprint density at radius 1 is 1.42 bits per heavy atom. The van der Waals surface area contributed by atoms with Crippen molar-refractivity contribution in [2.75, 3.05) is 11.9 Å². The number of hydrogen-bond donors (Lipinski definition) is 1. The molecule has 0 saturated heterocycles. The standard InChI is InChI=1S/C13H18F3N3/c1-8(9-3-4-9)19(2)12-10(7-17)5-6-11(18-12)13(14,15)16/h5-6,8-9H,3-4,7,17H2,1-2H3. The van der Waals surface area contributed by atoms with Crippen LogP contribution >= 0.6 is 0 Å². The molecule has 1 saturated carbocycles. The Hall–Kier alpha value is -1.30. The lowest BCUT2D eigenvalue weighted by Gasteiger charge is -2.28. The van der Waals surface area contributed by atoms with E-state index in [0.29, 0.717) is 17.3 Å². The topological polar surface area (TPSA) is 42.2 Å². The van der Waals surface area contributed by atoms with Crippen molar-refractivity contribution in [3.8, 4) is 0 Å². The molecule has 3 nitrogen and oxygen atoms in total. The molecule has 1 atom stereocenters. The number of anilines is 1. The highest BCUT2D eigenvalue weighted by Gasteiger charge is 2.35. The maximum absolute atomic E-state index is 12.7. The van der Waals surface area contributed by atoms with Crippen molar-refractivity contribution in [1.29, 1.82) is 0 Å². The van der Waals surface area contributed by atoms with Crippen molar-refractivity contribution in [2.45, 2.75) is 38.5 Å². The molecular formula is C13H18F3N3. The van der Waals surface area contributed by atoms with Gasteiger partial charge in [0.15, 0.2) is 0 Å². The van der Waals surface area contributed by atoms with Gasteiger partial charge in [-0.05, 0) is 31.7 Å². The van der Waals surface area contributed by atoms with Crippen LogP contribution in [-0.2, 0) is 12.7 Å². The highest BCUT2D eigenvalue weighted by molar-refractivity contribution is 5.48. The molecule has 2 N–H and O–H groups in total. The first-order valence-electron chi connectivity index (χ1n) is 6.34. The number of nitrogens with zero attached hydrogens (tertiary/aromatic N) is 2. The molecule has 0 bridgehead atoms. The van der Waals surface area contributed by atoms with E-state index in [1.54, 1.807) is 7.05 Å². The molecule has 1 aromatic rings. The average Bonchev–Trinajstić information content (AvgIpc) is 3.19. The molecule has 2 rings (SSSR count). The van der Waals surface area contributed by atoms with E-state index >= 15 is 0 Å². The van der Waals surface area contributed by atoms with Crippen LogP contribution in [0.1, 0.15) is 31.0 Å². The Morgan fingerprint density at radius 2 is 2.05 bits per heavy atom. The minimum atomic E-state index is -4.43. The maximum atomic E-state index is 12.7. The molecule has 1 aliphatic rings. The van der Waals surface area contributed by atoms with Gasteiger partial charge in [-0.2, -0.15) is 13.2 Å². The van der Waals surface area contributed by atoms with Gasteiger partial charge in [-0.15, -0.1) is 0 Å². The monoisotopic (exact) mass is 273 g/mol. The average molecular weight is 273 g/mol. The minimum Gasteiger partial charge on any atom is -0.356 e. The van der Waals surface area contributed by atoms with Crippen LogP contribution < -0.4 is 10.6 Å². The van der Waals surface area contributed by atoms with Gasteiger partial charge in [0.1, 0.15) is 11.5 Å². The normalized spacial score (nSPS) is 17.4. The second kappa shape index (κ2) is 5.00. The Morgan fingerprint density at radius 3 is 2.53 bits per heavy atom. The van der Waals surface area contributed by atoms with Crippen molar-refractivity contribution in [1.82, 2.24) is 4.98 Å². The summed E-state index contributed by atoms with van der Waals surface area (Å²) in [5.41, 5.74) is 5.37. The van der Waals surface area contributed by atoms with Gasteiger partial charge in [0.05, 0.1) is 0 Å². The van der Waals surface area contributed by atoms with Gasteiger partial charge in [0, 0.05) is 25.2 Å². The third-order valence-corrected chi connectivity index (χ3v) is 3.72.